The van der Waals surface area contributed by atoms with Gasteiger partial charge in [-0.05, 0) is 46.3 Å². The van der Waals surface area contributed by atoms with Crippen LogP contribution >= 0.6 is 38.6 Å². The fourth-order valence-corrected chi connectivity index (χ4v) is 5.43. The van der Waals surface area contributed by atoms with E-state index in [0.717, 1.165) is 14.0 Å². The third-order valence-corrected chi connectivity index (χ3v) is 7.35. The summed E-state index contributed by atoms with van der Waals surface area (Å²) < 4.78 is 32.2. The number of methoxy groups -OCH3 is 1. The molecule has 6 nitrogen and oxygen atoms in total. The predicted molar refractivity (Wildman–Crippen MR) is 107 cm³/mol. The fraction of sp³-hybridized carbons (Fsp3) is 0.250. The number of hydrogen-bond acceptors (Lipinski definition) is 6. The number of thiazole rings is 1. The van der Waals surface area contributed by atoms with E-state index in [0.29, 0.717) is 22.8 Å². The first kappa shape index (κ1) is 19.4. The molecule has 0 fully saturated rings. The zero-order valence-electron chi connectivity index (χ0n) is 13.9. The highest BCUT2D eigenvalue weighted by atomic mass is 79.9. The van der Waals surface area contributed by atoms with Crippen molar-refractivity contribution in [2.75, 3.05) is 20.0 Å². The molecular weight excluding hydrogens is 460 g/mol. The van der Waals surface area contributed by atoms with Crippen LogP contribution in [0.1, 0.15) is 9.67 Å². The molecule has 0 N–H and O–H groups in total. The van der Waals surface area contributed by atoms with E-state index in [1.807, 2.05) is 4.57 Å². The molecule has 0 spiro atoms. The van der Waals surface area contributed by atoms with Gasteiger partial charge in [0.05, 0.1) is 30.4 Å². The molecule has 0 saturated carbocycles. The molecule has 0 unspecified atom stereocenters. The van der Waals surface area contributed by atoms with Crippen molar-refractivity contribution in [3.05, 3.63) is 43.8 Å². The Hall–Kier alpha value is -1.33. The molecule has 0 atom stereocenters. The van der Waals surface area contributed by atoms with Crippen LogP contribution in [0.4, 0.5) is 0 Å². The number of rotatable bonds is 5. The molecule has 26 heavy (non-hydrogen) atoms. The standard InChI is InChI=1S/C16H15BrN2O4S3/c1-23-8-7-19-11-4-3-10(26(2,21)22)9-13(11)25-16(19)18-15(20)12-5-6-14(17)24-12/h3-6,9H,7-8H2,1-2H3. The van der Waals surface area contributed by atoms with Gasteiger partial charge in [-0.25, -0.2) is 8.42 Å². The van der Waals surface area contributed by atoms with Crippen LogP contribution in [0.15, 0.2) is 44.0 Å². The number of hydrogen-bond donors (Lipinski definition) is 0. The maximum absolute atomic E-state index is 12.4. The highest BCUT2D eigenvalue weighted by molar-refractivity contribution is 9.11. The predicted octanol–water partition coefficient (Wildman–Crippen LogP) is 3.32. The maximum atomic E-state index is 12.4. The van der Waals surface area contributed by atoms with Crippen molar-refractivity contribution in [2.24, 2.45) is 4.99 Å². The number of halogens is 1. The summed E-state index contributed by atoms with van der Waals surface area (Å²) in [6, 6.07) is 8.44. The second-order valence-corrected chi connectivity index (χ2v) is 10.9. The second-order valence-electron chi connectivity index (χ2n) is 5.45. The van der Waals surface area contributed by atoms with Crippen molar-refractivity contribution in [2.45, 2.75) is 11.4 Å². The maximum Gasteiger partial charge on any atom is 0.289 e. The molecule has 1 amide bonds. The number of amides is 1. The first-order valence-corrected chi connectivity index (χ1v) is 11.8. The number of aromatic nitrogens is 1. The topological polar surface area (TPSA) is 77.7 Å². The average molecular weight is 475 g/mol. The molecule has 0 aliphatic carbocycles. The smallest absolute Gasteiger partial charge is 0.289 e. The lowest BCUT2D eigenvalue weighted by Crippen LogP contribution is -2.19. The van der Waals surface area contributed by atoms with Gasteiger partial charge in [-0.2, -0.15) is 4.99 Å². The summed E-state index contributed by atoms with van der Waals surface area (Å²) in [5, 5.41) is 0. The Bertz CT molecular complexity index is 1140. The van der Waals surface area contributed by atoms with E-state index in [9.17, 15) is 13.2 Å². The molecule has 3 aromatic rings. The van der Waals surface area contributed by atoms with Gasteiger partial charge in [0.15, 0.2) is 14.6 Å². The van der Waals surface area contributed by atoms with Crippen molar-refractivity contribution in [3.8, 4) is 0 Å². The number of nitrogens with zero attached hydrogens (tertiary/aromatic N) is 2. The Morgan fingerprint density at radius 1 is 1.27 bits per heavy atom. The average Bonchev–Trinajstić information content (AvgIpc) is 3.15. The SMILES string of the molecule is COCCn1c(=NC(=O)c2ccc(Br)s2)sc2cc(S(C)(=O)=O)ccc21. The Morgan fingerprint density at radius 2 is 2.04 bits per heavy atom. The number of fused-ring (bicyclic) bond motifs is 1. The highest BCUT2D eigenvalue weighted by Gasteiger charge is 2.14. The number of thiophene rings is 1. The van der Waals surface area contributed by atoms with E-state index in [-0.39, 0.29) is 10.8 Å². The van der Waals surface area contributed by atoms with Gasteiger partial charge >= 0.3 is 0 Å². The van der Waals surface area contributed by atoms with Gasteiger partial charge in [-0.3, -0.25) is 4.79 Å². The minimum atomic E-state index is -3.31. The van der Waals surface area contributed by atoms with Crippen molar-refractivity contribution in [1.29, 1.82) is 0 Å². The van der Waals surface area contributed by atoms with Crippen LogP contribution in [0.2, 0.25) is 0 Å². The van der Waals surface area contributed by atoms with Crippen LogP contribution in [0.3, 0.4) is 0 Å². The summed E-state index contributed by atoms with van der Waals surface area (Å²) in [4.78, 5) is 18.0. The summed E-state index contributed by atoms with van der Waals surface area (Å²) in [7, 11) is -1.71. The van der Waals surface area contributed by atoms with Crippen LogP contribution in [0.5, 0.6) is 0 Å². The van der Waals surface area contributed by atoms with Gasteiger partial charge in [-0.1, -0.05) is 11.3 Å². The normalized spacial score (nSPS) is 12.8. The van der Waals surface area contributed by atoms with Gasteiger partial charge in [0, 0.05) is 19.9 Å². The second kappa shape index (κ2) is 7.73. The molecule has 0 bridgehead atoms. The van der Waals surface area contributed by atoms with Crippen LogP contribution in [0.25, 0.3) is 10.2 Å². The molecule has 3 rings (SSSR count). The first-order valence-electron chi connectivity index (χ1n) is 7.46. The van der Waals surface area contributed by atoms with E-state index in [4.69, 9.17) is 4.74 Å². The van der Waals surface area contributed by atoms with Crippen molar-refractivity contribution < 1.29 is 17.9 Å². The minimum Gasteiger partial charge on any atom is -0.383 e. The summed E-state index contributed by atoms with van der Waals surface area (Å²) in [5.74, 6) is -0.332. The van der Waals surface area contributed by atoms with Crippen LogP contribution in [0, 0.1) is 0 Å². The van der Waals surface area contributed by atoms with E-state index < -0.39 is 9.84 Å². The van der Waals surface area contributed by atoms with Gasteiger partial charge in [0.1, 0.15) is 0 Å². The third kappa shape index (κ3) is 4.15. The van der Waals surface area contributed by atoms with Gasteiger partial charge in [0.25, 0.3) is 5.91 Å². The van der Waals surface area contributed by atoms with Crippen LogP contribution < -0.4 is 4.80 Å². The number of ether oxygens (including phenoxy) is 1. The Kier molecular flexibility index (Phi) is 5.78. The van der Waals surface area contributed by atoms with E-state index in [1.165, 1.54) is 28.9 Å². The van der Waals surface area contributed by atoms with E-state index >= 15 is 0 Å². The molecular formula is C16H15BrN2O4S3. The van der Waals surface area contributed by atoms with Gasteiger partial charge < -0.3 is 9.30 Å². The van der Waals surface area contributed by atoms with E-state index in [1.54, 1.807) is 37.4 Å². The fourth-order valence-electron chi connectivity index (χ4n) is 2.34. The Balaban J connectivity index is 2.16. The Morgan fingerprint density at radius 3 is 2.65 bits per heavy atom. The summed E-state index contributed by atoms with van der Waals surface area (Å²) in [5.41, 5.74) is 0.818. The number of carbonyl (C=O) groups is 1. The molecule has 0 saturated heterocycles. The molecule has 2 aromatic heterocycles. The quantitative estimate of drug-likeness (QED) is 0.567. The lowest BCUT2D eigenvalue weighted by molar-refractivity contribution is 0.100. The van der Waals surface area contributed by atoms with Crippen molar-refractivity contribution >= 4 is 64.6 Å². The number of carbonyl (C=O) groups excluding carboxylic acids is 1. The third-order valence-electron chi connectivity index (χ3n) is 3.58. The first-order chi connectivity index (χ1) is 12.3. The molecule has 2 heterocycles. The molecule has 0 radical (unpaired) electrons. The molecule has 10 heteroatoms. The van der Waals surface area contributed by atoms with Crippen molar-refractivity contribution in [3.63, 3.8) is 0 Å². The largest absolute Gasteiger partial charge is 0.383 e. The molecule has 0 aliphatic heterocycles. The van der Waals surface area contributed by atoms with Crippen LogP contribution in [-0.2, 0) is 21.1 Å². The number of sulfone groups is 1. The summed E-state index contributed by atoms with van der Waals surface area (Å²) >= 11 is 5.94. The summed E-state index contributed by atoms with van der Waals surface area (Å²) in [6.45, 7) is 0.959. The van der Waals surface area contributed by atoms with Crippen LogP contribution in [-0.4, -0.2) is 38.9 Å². The lowest BCUT2D eigenvalue weighted by atomic mass is 10.3. The van der Waals surface area contributed by atoms with Gasteiger partial charge in [0.2, 0.25) is 0 Å². The molecule has 138 valence electrons. The van der Waals surface area contributed by atoms with E-state index in [2.05, 4.69) is 20.9 Å². The zero-order chi connectivity index (χ0) is 18.9. The molecule has 0 aliphatic rings. The molecule has 1 aromatic carbocycles. The monoisotopic (exact) mass is 474 g/mol. The minimum absolute atomic E-state index is 0.241. The zero-order valence-corrected chi connectivity index (χ0v) is 18.0. The van der Waals surface area contributed by atoms with Gasteiger partial charge in [-0.15, -0.1) is 11.3 Å². The lowest BCUT2D eigenvalue weighted by Gasteiger charge is -2.04. The van der Waals surface area contributed by atoms with Crippen molar-refractivity contribution in [1.82, 2.24) is 4.57 Å². The summed E-state index contributed by atoms with van der Waals surface area (Å²) in [6.07, 6.45) is 1.17. The number of benzene rings is 1. The Labute approximate surface area is 166 Å². The highest BCUT2D eigenvalue weighted by Crippen LogP contribution is 2.24.